The summed E-state index contributed by atoms with van der Waals surface area (Å²) in [5, 5.41) is 5.55. The maximum atomic E-state index is 12.0. The van der Waals surface area contributed by atoms with Crippen LogP contribution in [0, 0.1) is 6.92 Å². The van der Waals surface area contributed by atoms with E-state index in [9.17, 15) is 9.59 Å². The predicted molar refractivity (Wildman–Crippen MR) is 91.2 cm³/mol. The molecular formula is C18H23N3O3. The second-order valence-electron chi connectivity index (χ2n) is 5.60. The molecule has 3 amide bonds. The molecule has 0 aliphatic rings. The second-order valence-corrected chi connectivity index (χ2v) is 5.60. The topological polar surface area (TPSA) is 74.6 Å². The zero-order valence-corrected chi connectivity index (χ0v) is 14.0. The minimum absolute atomic E-state index is 0.110. The largest absolute Gasteiger partial charge is 0.469 e. The molecule has 2 aromatic rings. The highest BCUT2D eigenvalue weighted by Gasteiger charge is 2.10. The van der Waals surface area contributed by atoms with Gasteiger partial charge in [0.05, 0.1) is 6.26 Å². The molecule has 0 atom stereocenters. The fourth-order valence-electron chi connectivity index (χ4n) is 2.22. The number of carbonyl (C=O) groups excluding carboxylic acids is 2. The molecule has 0 saturated carbocycles. The summed E-state index contributed by atoms with van der Waals surface area (Å²) in [7, 11) is 1.73. The van der Waals surface area contributed by atoms with Gasteiger partial charge < -0.3 is 20.0 Å². The third-order valence-corrected chi connectivity index (χ3v) is 3.68. The van der Waals surface area contributed by atoms with Gasteiger partial charge in [-0.05, 0) is 18.6 Å². The molecule has 0 aliphatic heterocycles. The highest BCUT2D eigenvalue weighted by Crippen LogP contribution is 2.07. The van der Waals surface area contributed by atoms with Gasteiger partial charge in [-0.3, -0.25) is 4.79 Å². The monoisotopic (exact) mass is 329 g/mol. The van der Waals surface area contributed by atoms with Crippen LogP contribution in [0.3, 0.4) is 0 Å². The number of amides is 3. The van der Waals surface area contributed by atoms with E-state index in [0.29, 0.717) is 19.6 Å². The van der Waals surface area contributed by atoms with Gasteiger partial charge in [0.15, 0.2) is 0 Å². The Morgan fingerprint density at radius 1 is 1.12 bits per heavy atom. The molecule has 24 heavy (non-hydrogen) atoms. The third kappa shape index (κ3) is 5.46. The molecule has 0 aliphatic carbocycles. The number of carbonyl (C=O) groups is 2. The Bertz CT molecular complexity index is 667. The summed E-state index contributed by atoms with van der Waals surface area (Å²) >= 11 is 0. The molecule has 2 N–H and O–H groups in total. The number of rotatable bonds is 7. The zero-order valence-electron chi connectivity index (χ0n) is 14.0. The van der Waals surface area contributed by atoms with Crippen LogP contribution in [0.15, 0.2) is 47.1 Å². The van der Waals surface area contributed by atoms with Gasteiger partial charge in [-0.25, -0.2) is 4.79 Å². The number of nitrogens with one attached hydrogen (secondary N) is 2. The summed E-state index contributed by atoms with van der Waals surface area (Å²) in [6.07, 6.45) is 1.83. The Labute approximate surface area is 141 Å². The molecule has 0 bridgehead atoms. The summed E-state index contributed by atoms with van der Waals surface area (Å²) in [6, 6.07) is 11.4. The summed E-state index contributed by atoms with van der Waals surface area (Å²) in [6.45, 7) is 3.11. The SMILES string of the molecule is Cc1occc1CNC(=O)CCNC(=O)N(C)Cc1ccccc1. The first kappa shape index (κ1) is 17.6. The van der Waals surface area contributed by atoms with Crippen LogP contribution in [0.2, 0.25) is 0 Å². The fraction of sp³-hybridized carbons (Fsp3) is 0.333. The second kappa shape index (κ2) is 8.76. The minimum atomic E-state index is -0.197. The summed E-state index contributed by atoms with van der Waals surface area (Å²) in [5.74, 6) is 0.688. The summed E-state index contributed by atoms with van der Waals surface area (Å²) < 4.78 is 5.17. The van der Waals surface area contributed by atoms with E-state index < -0.39 is 0 Å². The van der Waals surface area contributed by atoms with Crippen LogP contribution >= 0.6 is 0 Å². The number of hydrogen-bond donors (Lipinski definition) is 2. The average molecular weight is 329 g/mol. The number of urea groups is 1. The van der Waals surface area contributed by atoms with Crippen molar-refractivity contribution in [3.8, 4) is 0 Å². The molecule has 0 unspecified atom stereocenters. The molecule has 1 heterocycles. The van der Waals surface area contributed by atoms with E-state index in [1.807, 2.05) is 43.3 Å². The third-order valence-electron chi connectivity index (χ3n) is 3.68. The minimum Gasteiger partial charge on any atom is -0.469 e. The van der Waals surface area contributed by atoms with Gasteiger partial charge in [-0.1, -0.05) is 30.3 Å². The van der Waals surface area contributed by atoms with Gasteiger partial charge in [0, 0.05) is 38.7 Å². The van der Waals surface area contributed by atoms with Crippen molar-refractivity contribution in [3.05, 3.63) is 59.5 Å². The smallest absolute Gasteiger partial charge is 0.317 e. The Morgan fingerprint density at radius 3 is 2.54 bits per heavy atom. The molecule has 128 valence electrons. The van der Waals surface area contributed by atoms with Crippen molar-refractivity contribution < 1.29 is 14.0 Å². The lowest BCUT2D eigenvalue weighted by atomic mass is 10.2. The Kier molecular flexibility index (Phi) is 6.42. The zero-order chi connectivity index (χ0) is 17.4. The first-order valence-electron chi connectivity index (χ1n) is 7.89. The van der Waals surface area contributed by atoms with Crippen LogP contribution in [-0.2, 0) is 17.9 Å². The summed E-state index contributed by atoms with van der Waals surface area (Å²) in [5.41, 5.74) is 2.01. The maximum absolute atomic E-state index is 12.0. The number of benzene rings is 1. The highest BCUT2D eigenvalue weighted by molar-refractivity contribution is 5.78. The highest BCUT2D eigenvalue weighted by atomic mass is 16.3. The number of hydrogen-bond acceptors (Lipinski definition) is 3. The number of aryl methyl sites for hydroxylation is 1. The Hall–Kier alpha value is -2.76. The number of furan rings is 1. The van der Waals surface area contributed by atoms with Crippen LogP contribution in [-0.4, -0.2) is 30.4 Å². The van der Waals surface area contributed by atoms with E-state index in [0.717, 1.165) is 16.9 Å². The van der Waals surface area contributed by atoms with E-state index in [-0.39, 0.29) is 18.4 Å². The van der Waals surface area contributed by atoms with Gasteiger partial charge in [-0.2, -0.15) is 0 Å². The van der Waals surface area contributed by atoms with E-state index >= 15 is 0 Å². The normalized spacial score (nSPS) is 10.2. The van der Waals surface area contributed by atoms with Gasteiger partial charge >= 0.3 is 6.03 Å². The molecular weight excluding hydrogens is 306 g/mol. The lowest BCUT2D eigenvalue weighted by molar-refractivity contribution is -0.121. The van der Waals surface area contributed by atoms with Gasteiger partial charge in [0.1, 0.15) is 5.76 Å². The molecule has 1 aromatic heterocycles. The van der Waals surface area contributed by atoms with Gasteiger partial charge in [0.2, 0.25) is 5.91 Å². The van der Waals surface area contributed by atoms with Gasteiger partial charge in [0.25, 0.3) is 0 Å². The molecule has 6 heteroatoms. The predicted octanol–water partition coefficient (Wildman–Crippen LogP) is 2.44. The van der Waals surface area contributed by atoms with Crippen molar-refractivity contribution >= 4 is 11.9 Å². The van der Waals surface area contributed by atoms with Crippen LogP contribution < -0.4 is 10.6 Å². The molecule has 0 saturated heterocycles. The maximum Gasteiger partial charge on any atom is 0.317 e. The molecule has 0 spiro atoms. The van der Waals surface area contributed by atoms with Crippen LogP contribution in [0.4, 0.5) is 4.79 Å². The number of nitrogens with zero attached hydrogens (tertiary/aromatic N) is 1. The van der Waals surface area contributed by atoms with E-state index in [1.165, 1.54) is 0 Å². The van der Waals surface area contributed by atoms with Crippen molar-refractivity contribution in [3.63, 3.8) is 0 Å². The first-order valence-corrected chi connectivity index (χ1v) is 7.89. The molecule has 0 radical (unpaired) electrons. The van der Waals surface area contributed by atoms with Crippen molar-refractivity contribution in [1.82, 2.24) is 15.5 Å². The lowest BCUT2D eigenvalue weighted by Gasteiger charge is -2.18. The van der Waals surface area contributed by atoms with Crippen molar-refractivity contribution in [1.29, 1.82) is 0 Å². The van der Waals surface area contributed by atoms with Crippen LogP contribution in [0.5, 0.6) is 0 Å². The Morgan fingerprint density at radius 2 is 1.88 bits per heavy atom. The quantitative estimate of drug-likeness (QED) is 0.819. The van der Waals surface area contributed by atoms with E-state index in [4.69, 9.17) is 4.42 Å². The van der Waals surface area contributed by atoms with Gasteiger partial charge in [-0.15, -0.1) is 0 Å². The van der Waals surface area contributed by atoms with E-state index in [2.05, 4.69) is 10.6 Å². The summed E-state index contributed by atoms with van der Waals surface area (Å²) in [4.78, 5) is 25.4. The average Bonchev–Trinajstić information content (AvgIpc) is 2.99. The van der Waals surface area contributed by atoms with E-state index in [1.54, 1.807) is 18.2 Å². The Balaban J connectivity index is 1.64. The van der Waals surface area contributed by atoms with Crippen molar-refractivity contribution in [2.75, 3.05) is 13.6 Å². The van der Waals surface area contributed by atoms with Crippen molar-refractivity contribution in [2.45, 2.75) is 26.4 Å². The van der Waals surface area contributed by atoms with Crippen LogP contribution in [0.1, 0.15) is 23.3 Å². The fourth-order valence-corrected chi connectivity index (χ4v) is 2.22. The molecule has 1 aromatic carbocycles. The van der Waals surface area contributed by atoms with Crippen molar-refractivity contribution in [2.24, 2.45) is 0 Å². The van der Waals surface area contributed by atoms with Crippen LogP contribution in [0.25, 0.3) is 0 Å². The standard InChI is InChI=1S/C18H23N3O3/c1-14-16(9-11-24-14)12-20-17(22)8-10-19-18(23)21(2)13-15-6-4-3-5-7-15/h3-7,9,11H,8,10,12-13H2,1-2H3,(H,19,23)(H,20,22). The molecule has 6 nitrogen and oxygen atoms in total. The lowest BCUT2D eigenvalue weighted by Crippen LogP contribution is -2.38. The molecule has 0 fully saturated rings. The molecule has 2 rings (SSSR count). The first-order chi connectivity index (χ1) is 11.6.